The first-order valence-electron chi connectivity index (χ1n) is 9.01. The predicted molar refractivity (Wildman–Crippen MR) is 110 cm³/mol. The van der Waals surface area contributed by atoms with Crippen LogP contribution in [0.1, 0.15) is 40.1 Å². The molecule has 0 spiro atoms. The molecule has 0 fully saturated rings. The largest absolute Gasteiger partial charge is 0.273 e. The Bertz CT molecular complexity index is 1030. The lowest BCUT2D eigenvalue weighted by Gasteiger charge is -2.16. The highest BCUT2D eigenvalue weighted by atomic mass is 35.5. The van der Waals surface area contributed by atoms with Gasteiger partial charge < -0.3 is 0 Å². The number of halogens is 1. The van der Waals surface area contributed by atoms with Crippen LogP contribution in [0.3, 0.4) is 0 Å². The zero-order valence-corrected chi connectivity index (χ0v) is 16.6. The molecule has 27 heavy (non-hydrogen) atoms. The smallest absolute Gasteiger partial charge is 0.258 e. The fourth-order valence-electron chi connectivity index (χ4n) is 3.64. The minimum absolute atomic E-state index is 0.0534. The molecule has 0 unspecified atom stereocenters. The van der Waals surface area contributed by atoms with Crippen LogP contribution in [0.4, 0.5) is 5.69 Å². The van der Waals surface area contributed by atoms with Gasteiger partial charge >= 0.3 is 0 Å². The van der Waals surface area contributed by atoms with E-state index >= 15 is 0 Å². The van der Waals surface area contributed by atoms with Crippen LogP contribution in [0, 0.1) is 17.0 Å². The lowest BCUT2D eigenvalue weighted by Crippen LogP contribution is -2.02. The van der Waals surface area contributed by atoms with Crippen LogP contribution in [0.25, 0.3) is 11.3 Å². The lowest BCUT2D eigenvalue weighted by atomic mass is 9.90. The molecule has 3 aromatic rings. The third-order valence-corrected chi connectivity index (χ3v) is 6.30. The molecule has 1 aromatic heterocycles. The Morgan fingerprint density at radius 1 is 1.19 bits per heavy atom. The number of benzene rings is 2. The van der Waals surface area contributed by atoms with Crippen molar-refractivity contribution in [1.82, 2.24) is 4.98 Å². The molecule has 0 aliphatic heterocycles. The molecular weight excluding hydrogens is 380 g/mol. The van der Waals surface area contributed by atoms with Crippen molar-refractivity contribution in [3.05, 3.63) is 78.1 Å². The summed E-state index contributed by atoms with van der Waals surface area (Å²) < 4.78 is 0. The van der Waals surface area contributed by atoms with E-state index in [1.54, 1.807) is 24.3 Å². The van der Waals surface area contributed by atoms with E-state index in [-0.39, 0.29) is 5.69 Å². The average Bonchev–Trinajstić information content (AvgIpc) is 3.12. The van der Waals surface area contributed by atoms with Gasteiger partial charge in [0.05, 0.1) is 20.6 Å². The zero-order valence-electron chi connectivity index (χ0n) is 15.0. The second kappa shape index (κ2) is 7.41. The normalized spacial score (nSPS) is 13.4. The molecule has 4 rings (SSSR count). The minimum atomic E-state index is -0.400. The SMILES string of the molecule is Cc1cc(Cc2nc(-c3ccc4c(c3)CCCC4)cs2)c(Cl)cc1[N+](=O)[O-]. The predicted octanol–water partition coefficient (Wildman–Crippen LogP) is 6.15. The molecule has 0 radical (unpaired) electrons. The van der Waals surface area contributed by atoms with Crippen molar-refractivity contribution >= 4 is 28.6 Å². The monoisotopic (exact) mass is 398 g/mol. The van der Waals surface area contributed by atoms with Crippen LogP contribution in [0.15, 0.2) is 35.7 Å². The van der Waals surface area contributed by atoms with E-state index in [0.717, 1.165) is 28.2 Å². The first-order chi connectivity index (χ1) is 13.0. The number of thiazole rings is 1. The summed E-state index contributed by atoms with van der Waals surface area (Å²) in [6.45, 7) is 1.73. The number of aromatic nitrogens is 1. The van der Waals surface area contributed by atoms with Crippen molar-refractivity contribution in [2.24, 2.45) is 0 Å². The lowest BCUT2D eigenvalue weighted by molar-refractivity contribution is -0.385. The first kappa shape index (κ1) is 18.1. The molecule has 4 nitrogen and oxygen atoms in total. The Hall–Kier alpha value is -2.24. The summed E-state index contributed by atoms with van der Waals surface area (Å²) in [5, 5.41) is 14.5. The van der Waals surface area contributed by atoms with Crippen LogP contribution in [0.2, 0.25) is 5.02 Å². The van der Waals surface area contributed by atoms with Crippen molar-refractivity contribution in [2.45, 2.75) is 39.0 Å². The van der Waals surface area contributed by atoms with Gasteiger partial charge in [-0.2, -0.15) is 0 Å². The van der Waals surface area contributed by atoms with E-state index in [2.05, 4.69) is 23.6 Å². The molecule has 0 bridgehead atoms. The molecule has 0 atom stereocenters. The second-order valence-electron chi connectivity index (χ2n) is 6.98. The van der Waals surface area contributed by atoms with E-state index < -0.39 is 4.92 Å². The molecule has 1 aliphatic rings. The van der Waals surface area contributed by atoms with Crippen molar-refractivity contribution in [3.8, 4) is 11.3 Å². The summed E-state index contributed by atoms with van der Waals surface area (Å²) in [5.74, 6) is 0. The van der Waals surface area contributed by atoms with Gasteiger partial charge in [-0.1, -0.05) is 23.7 Å². The summed E-state index contributed by atoms with van der Waals surface area (Å²) >= 11 is 7.87. The van der Waals surface area contributed by atoms with Gasteiger partial charge in [0.25, 0.3) is 5.69 Å². The van der Waals surface area contributed by atoms with E-state index in [1.165, 1.54) is 36.5 Å². The Morgan fingerprint density at radius 3 is 2.74 bits per heavy atom. The molecule has 0 amide bonds. The van der Waals surface area contributed by atoms with Gasteiger partial charge in [-0.05, 0) is 61.4 Å². The highest BCUT2D eigenvalue weighted by molar-refractivity contribution is 7.10. The molecule has 6 heteroatoms. The second-order valence-corrected chi connectivity index (χ2v) is 8.33. The maximum Gasteiger partial charge on any atom is 0.273 e. The molecule has 1 heterocycles. The Kier molecular flexibility index (Phi) is 4.98. The maximum atomic E-state index is 11.0. The highest BCUT2D eigenvalue weighted by Crippen LogP contribution is 2.31. The molecule has 2 aromatic carbocycles. The summed E-state index contributed by atoms with van der Waals surface area (Å²) in [5.41, 5.74) is 6.59. The van der Waals surface area contributed by atoms with Gasteiger partial charge in [0.2, 0.25) is 0 Å². The highest BCUT2D eigenvalue weighted by Gasteiger charge is 2.16. The van der Waals surface area contributed by atoms with Crippen LogP contribution in [-0.2, 0) is 19.3 Å². The topological polar surface area (TPSA) is 56.0 Å². The summed E-state index contributed by atoms with van der Waals surface area (Å²) in [6, 6.07) is 9.90. The molecular formula is C21H19ClN2O2S. The number of nitro groups is 1. The minimum Gasteiger partial charge on any atom is -0.258 e. The quantitative estimate of drug-likeness (QED) is 0.391. The third-order valence-electron chi connectivity index (χ3n) is 5.10. The molecule has 0 saturated carbocycles. The van der Waals surface area contributed by atoms with Crippen molar-refractivity contribution < 1.29 is 4.92 Å². The molecule has 0 saturated heterocycles. The number of nitrogens with zero attached hydrogens (tertiary/aromatic N) is 2. The van der Waals surface area contributed by atoms with E-state index in [1.807, 2.05) is 0 Å². The van der Waals surface area contributed by atoms with Crippen molar-refractivity contribution in [3.63, 3.8) is 0 Å². The first-order valence-corrected chi connectivity index (χ1v) is 10.3. The van der Waals surface area contributed by atoms with Gasteiger partial charge in [0, 0.05) is 29.0 Å². The fourth-order valence-corrected chi connectivity index (χ4v) is 4.69. The standard InChI is InChI=1S/C21H19ClN2O2S/c1-13-8-17(18(22)11-20(13)24(25)26)10-21-23-19(12-27-21)16-7-6-14-4-2-3-5-15(14)9-16/h6-9,11-12H,2-5,10H2,1H3. The van der Waals surface area contributed by atoms with Crippen molar-refractivity contribution in [2.75, 3.05) is 0 Å². The van der Waals surface area contributed by atoms with Crippen LogP contribution < -0.4 is 0 Å². The fraction of sp³-hybridized carbons (Fsp3) is 0.286. The maximum absolute atomic E-state index is 11.0. The van der Waals surface area contributed by atoms with Crippen LogP contribution in [-0.4, -0.2) is 9.91 Å². The van der Waals surface area contributed by atoms with Gasteiger partial charge in [0.1, 0.15) is 0 Å². The van der Waals surface area contributed by atoms with Gasteiger partial charge in [-0.3, -0.25) is 10.1 Å². The zero-order chi connectivity index (χ0) is 19.0. The van der Waals surface area contributed by atoms with Gasteiger partial charge in [-0.15, -0.1) is 11.3 Å². The summed E-state index contributed by atoms with van der Waals surface area (Å²) in [4.78, 5) is 15.4. The van der Waals surface area contributed by atoms with Crippen molar-refractivity contribution in [1.29, 1.82) is 0 Å². The van der Waals surface area contributed by atoms with Crippen LogP contribution >= 0.6 is 22.9 Å². The summed E-state index contributed by atoms with van der Waals surface area (Å²) in [7, 11) is 0. The molecule has 0 N–H and O–H groups in total. The summed E-state index contributed by atoms with van der Waals surface area (Å²) in [6.07, 6.45) is 5.44. The molecule has 1 aliphatic carbocycles. The third kappa shape index (κ3) is 3.75. The Balaban J connectivity index is 1.59. The Morgan fingerprint density at radius 2 is 1.96 bits per heavy atom. The van der Waals surface area contributed by atoms with E-state index in [9.17, 15) is 10.1 Å². The van der Waals surface area contributed by atoms with Crippen LogP contribution in [0.5, 0.6) is 0 Å². The van der Waals surface area contributed by atoms with E-state index in [0.29, 0.717) is 17.0 Å². The van der Waals surface area contributed by atoms with E-state index in [4.69, 9.17) is 16.6 Å². The molecule has 138 valence electrons. The van der Waals surface area contributed by atoms with Gasteiger partial charge in [-0.25, -0.2) is 4.98 Å². The number of hydrogen-bond acceptors (Lipinski definition) is 4. The number of rotatable bonds is 4. The number of fused-ring (bicyclic) bond motifs is 1. The number of aryl methyl sites for hydroxylation is 3. The average molecular weight is 399 g/mol. The number of nitro benzene ring substituents is 1. The number of hydrogen-bond donors (Lipinski definition) is 0. The Labute approximate surface area is 167 Å². The van der Waals surface area contributed by atoms with Gasteiger partial charge in [0.15, 0.2) is 0 Å².